The number of aryl methyl sites for hydroxylation is 1. The molecule has 1 unspecified atom stereocenters. The molecule has 1 aliphatic carbocycles. The first-order valence-corrected chi connectivity index (χ1v) is 12.8. The summed E-state index contributed by atoms with van der Waals surface area (Å²) >= 11 is 0. The topological polar surface area (TPSA) is 55.7 Å². The Morgan fingerprint density at radius 3 is 2.09 bits per heavy atom. The predicted molar refractivity (Wildman–Crippen MR) is 132 cm³/mol. The lowest BCUT2D eigenvalue weighted by atomic mass is 9.58. The van der Waals surface area contributed by atoms with E-state index < -0.39 is 10.1 Å². The van der Waals surface area contributed by atoms with E-state index in [1.165, 1.54) is 5.56 Å². The lowest BCUT2D eigenvalue weighted by Crippen LogP contribution is -2.40. The van der Waals surface area contributed by atoms with Crippen molar-refractivity contribution < 1.29 is 12.7 Å². The van der Waals surface area contributed by atoms with Gasteiger partial charge in [-0.25, -0.2) is 0 Å². The van der Waals surface area contributed by atoms with E-state index >= 15 is 0 Å². The Balaban J connectivity index is 1.87. The molecule has 4 nitrogen and oxygen atoms in total. The number of hydrogen-bond acceptors (Lipinski definition) is 4. The quantitative estimate of drug-likeness (QED) is 0.462. The summed E-state index contributed by atoms with van der Waals surface area (Å²) in [6, 6.07) is 15.1. The molecule has 174 valence electrons. The van der Waals surface area contributed by atoms with Gasteiger partial charge in [-0.05, 0) is 65.2 Å². The highest BCUT2D eigenvalue weighted by molar-refractivity contribution is 7.86. The zero-order valence-electron chi connectivity index (χ0n) is 20.5. The number of nitrogens with zero attached hydrogens (tertiary/aromatic N) is 1. The smallest absolute Gasteiger partial charge is 0.264 e. The van der Waals surface area contributed by atoms with Crippen molar-refractivity contribution in [1.29, 1.82) is 0 Å². The fraction of sp³-hybridized carbons (Fsp3) is 0.519. The van der Waals surface area contributed by atoms with Gasteiger partial charge in [-0.15, -0.1) is 0 Å². The van der Waals surface area contributed by atoms with E-state index in [9.17, 15) is 8.42 Å². The zero-order valence-corrected chi connectivity index (χ0v) is 21.3. The third-order valence-corrected chi connectivity index (χ3v) is 7.87. The van der Waals surface area contributed by atoms with E-state index in [0.717, 1.165) is 30.4 Å². The fourth-order valence-corrected chi connectivity index (χ4v) is 5.43. The molecule has 0 heterocycles. The minimum absolute atomic E-state index is 0.0114. The highest BCUT2D eigenvalue weighted by Crippen LogP contribution is 2.48. The van der Waals surface area contributed by atoms with E-state index in [1.807, 2.05) is 30.3 Å². The molecule has 32 heavy (non-hydrogen) atoms. The first kappa shape index (κ1) is 24.5. The van der Waals surface area contributed by atoms with Crippen molar-refractivity contribution in [3.8, 4) is 0 Å². The van der Waals surface area contributed by atoms with Crippen molar-refractivity contribution in [2.45, 2.75) is 84.5 Å². The van der Waals surface area contributed by atoms with E-state index in [0.29, 0.717) is 12.1 Å². The summed E-state index contributed by atoms with van der Waals surface area (Å²) in [7, 11) is -3.98. The summed E-state index contributed by atoms with van der Waals surface area (Å²) in [5.41, 5.74) is 4.03. The maximum Gasteiger partial charge on any atom is 0.358 e. The average Bonchev–Trinajstić information content (AvgIpc) is 2.70. The van der Waals surface area contributed by atoms with E-state index in [1.54, 1.807) is 12.1 Å². The molecule has 0 aromatic heterocycles. The Labute approximate surface area is 194 Å². The van der Waals surface area contributed by atoms with Crippen LogP contribution >= 0.6 is 0 Å². The van der Waals surface area contributed by atoms with Gasteiger partial charge in [-0.3, -0.25) is 4.28 Å². The van der Waals surface area contributed by atoms with Crippen LogP contribution in [0.25, 0.3) is 0 Å². The molecule has 0 N–H and O–H groups in total. The first-order valence-electron chi connectivity index (χ1n) is 11.4. The van der Waals surface area contributed by atoms with E-state index in [-0.39, 0.29) is 21.1 Å². The van der Waals surface area contributed by atoms with Gasteiger partial charge in [-0.1, -0.05) is 90.0 Å². The van der Waals surface area contributed by atoms with Gasteiger partial charge in [0.05, 0.1) is 5.71 Å². The van der Waals surface area contributed by atoms with Crippen LogP contribution in [0, 0.1) is 10.8 Å². The standard InChI is InChI=1S/C27H37NO3S/c1-25(2,3)19-27(7,26(4,5)6)21-15-17-22(18-16-21)32(29,30)31-28-24-14-10-12-20-11-8-9-13-23(20)24/h8-9,11,13,15-18H,10,12,14,19H2,1-7H3. The second kappa shape index (κ2) is 8.66. The van der Waals surface area contributed by atoms with Crippen LogP contribution in [0.4, 0.5) is 0 Å². The van der Waals surface area contributed by atoms with Crippen molar-refractivity contribution in [1.82, 2.24) is 0 Å². The second-order valence-electron chi connectivity index (χ2n) is 11.4. The van der Waals surface area contributed by atoms with Crippen molar-refractivity contribution in [3.05, 3.63) is 65.2 Å². The summed E-state index contributed by atoms with van der Waals surface area (Å²) < 4.78 is 30.8. The summed E-state index contributed by atoms with van der Waals surface area (Å²) in [4.78, 5) is 0.127. The van der Waals surface area contributed by atoms with Gasteiger partial charge in [-0.2, -0.15) is 8.42 Å². The Hall–Kier alpha value is -2.14. The normalized spacial score (nSPS) is 18.2. The van der Waals surface area contributed by atoms with Crippen molar-refractivity contribution in [3.63, 3.8) is 0 Å². The lowest BCUT2D eigenvalue weighted by molar-refractivity contribution is 0.134. The molecule has 2 aromatic carbocycles. The van der Waals surface area contributed by atoms with Crippen LogP contribution in [0.3, 0.4) is 0 Å². The van der Waals surface area contributed by atoms with Gasteiger partial charge in [0.1, 0.15) is 4.90 Å². The molecule has 0 amide bonds. The molecule has 0 aliphatic heterocycles. The number of benzene rings is 2. The van der Waals surface area contributed by atoms with Gasteiger partial charge < -0.3 is 0 Å². The lowest BCUT2D eigenvalue weighted by Gasteiger charge is -2.46. The van der Waals surface area contributed by atoms with E-state index in [4.69, 9.17) is 4.28 Å². The largest absolute Gasteiger partial charge is 0.358 e. The zero-order chi connectivity index (χ0) is 23.8. The Morgan fingerprint density at radius 2 is 1.50 bits per heavy atom. The van der Waals surface area contributed by atoms with Gasteiger partial charge >= 0.3 is 10.1 Å². The SMILES string of the molecule is CC(C)(C)CC(C)(c1ccc(S(=O)(=O)ON=C2CCCc3ccccc32)cc1)C(C)(C)C. The third kappa shape index (κ3) is 5.25. The predicted octanol–water partition coefficient (Wildman–Crippen LogP) is 6.87. The molecule has 5 heteroatoms. The molecule has 1 aliphatic rings. The summed E-state index contributed by atoms with van der Waals surface area (Å²) in [6.45, 7) is 15.7. The minimum Gasteiger partial charge on any atom is -0.264 e. The Kier molecular flexibility index (Phi) is 6.63. The molecule has 0 radical (unpaired) electrons. The van der Waals surface area contributed by atoms with E-state index in [2.05, 4.69) is 59.7 Å². The monoisotopic (exact) mass is 455 g/mol. The van der Waals surface area contributed by atoms with Crippen molar-refractivity contribution in [2.75, 3.05) is 0 Å². The highest BCUT2D eigenvalue weighted by Gasteiger charge is 2.41. The maximum absolute atomic E-state index is 12.8. The number of oxime groups is 1. The Bertz CT molecular complexity index is 1090. The van der Waals surface area contributed by atoms with Crippen LogP contribution in [-0.2, 0) is 26.2 Å². The average molecular weight is 456 g/mol. The number of rotatable bonds is 5. The van der Waals surface area contributed by atoms with Gasteiger partial charge in [0.25, 0.3) is 0 Å². The molecule has 0 saturated carbocycles. The van der Waals surface area contributed by atoms with Crippen LogP contribution in [0.5, 0.6) is 0 Å². The molecular formula is C27H37NO3S. The second-order valence-corrected chi connectivity index (χ2v) is 12.9. The molecule has 0 fully saturated rings. The van der Waals surface area contributed by atoms with Crippen LogP contribution in [0.2, 0.25) is 0 Å². The molecule has 0 bridgehead atoms. The Morgan fingerprint density at radius 1 is 0.875 bits per heavy atom. The number of fused-ring (bicyclic) bond motifs is 1. The van der Waals surface area contributed by atoms with Gasteiger partial charge in [0.15, 0.2) is 0 Å². The first-order chi connectivity index (χ1) is 14.7. The van der Waals surface area contributed by atoms with Crippen LogP contribution in [0.15, 0.2) is 58.6 Å². The maximum atomic E-state index is 12.8. The molecule has 1 atom stereocenters. The summed E-state index contributed by atoms with van der Waals surface area (Å²) in [6.07, 6.45) is 3.61. The molecule has 0 saturated heterocycles. The summed E-state index contributed by atoms with van der Waals surface area (Å²) in [5.74, 6) is 0. The number of hydrogen-bond donors (Lipinski definition) is 0. The fourth-order valence-electron chi connectivity index (χ4n) is 4.68. The highest BCUT2D eigenvalue weighted by atomic mass is 32.2. The van der Waals surface area contributed by atoms with Crippen LogP contribution in [-0.4, -0.2) is 14.1 Å². The summed E-state index contributed by atoms with van der Waals surface area (Å²) in [5, 5.41) is 4.06. The van der Waals surface area contributed by atoms with Crippen molar-refractivity contribution >= 4 is 15.8 Å². The van der Waals surface area contributed by atoms with Gasteiger partial charge in [0.2, 0.25) is 0 Å². The molecular weight excluding hydrogens is 418 g/mol. The molecule has 3 rings (SSSR count). The van der Waals surface area contributed by atoms with Crippen molar-refractivity contribution in [2.24, 2.45) is 16.0 Å². The minimum atomic E-state index is -3.98. The van der Waals surface area contributed by atoms with Crippen LogP contribution in [0.1, 0.15) is 84.4 Å². The molecule has 0 spiro atoms. The van der Waals surface area contributed by atoms with Crippen LogP contribution < -0.4 is 0 Å². The third-order valence-electron chi connectivity index (χ3n) is 6.75. The molecule has 2 aromatic rings. The van der Waals surface area contributed by atoms with Gasteiger partial charge in [0, 0.05) is 5.56 Å².